The molecular formula is C15H26N4O2. The summed E-state index contributed by atoms with van der Waals surface area (Å²) in [6.45, 7) is 7.90. The summed E-state index contributed by atoms with van der Waals surface area (Å²) in [5, 5.41) is 3.05. The van der Waals surface area contributed by atoms with Crippen LogP contribution in [0.4, 0.5) is 5.69 Å². The number of hydrogen-bond donors (Lipinski definition) is 2. The second kappa shape index (κ2) is 9.07. The van der Waals surface area contributed by atoms with E-state index in [0.29, 0.717) is 24.0 Å². The topological polar surface area (TPSA) is 72.1 Å². The Hall–Kier alpha value is -1.95. The molecule has 3 N–H and O–H groups in total. The summed E-state index contributed by atoms with van der Waals surface area (Å²) in [5.41, 5.74) is 6.70. The van der Waals surface area contributed by atoms with Gasteiger partial charge in [0.2, 0.25) is 0 Å². The predicted octanol–water partition coefficient (Wildman–Crippen LogP) is 1.77. The van der Waals surface area contributed by atoms with E-state index in [1.807, 2.05) is 18.2 Å². The molecule has 21 heavy (non-hydrogen) atoms. The summed E-state index contributed by atoms with van der Waals surface area (Å²) in [6, 6.07) is 5.52. The molecule has 0 bridgehead atoms. The minimum absolute atomic E-state index is 0.398. The van der Waals surface area contributed by atoms with Gasteiger partial charge in [-0.2, -0.15) is 0 Å². The highest BCUT2D eigenvalue weighted by molar-refractivity contribution is 5.92. The molecule has 0 radical (unpaired) electrons. The van der Waals surface area contributed by atoms with Crippen LogP contribution in [0.5, 0.6) is 11.5 Å². The smallest absolute Gasteiger partial charge is 0.193 e. The first kappa shape index (κ1) is 17.1. The van der Waals surface area contributed by atoms with Gasteiger partial charge < -0.3 is 25.4 Å². The van der Waals surface area contributed by atoms with Crippen molar-refractivity contribution in [2.45, 2.75) is 13.8 Å². The molecule has 0 spiro atoms. The second-order valence-electron chi connectivity index (χ2n) is 4.49. The van der Waals surface area contributed by atoms with Gasteiger partial charge in [-0.1, -0.05) is 13.8 Å². The fourth-order valence-electron chi connectivity index (χ4n) is 1.95. The number of ether oxygens (including phenoxy) is 2. The van der Waals surface area contributed by atoms with E-state index in [9.17, 15) is 0 Å². The maximum Gasteiger partial charge on any atom is 0.193 e. The number of likely N-dealkylation sites (N-methyl/N-ethyl adjacent to an activating group) is 1. The number of nitrogens with two attached hydrogens (primary N) is 1. The lowest BCUT2D eigenvalue weighted by Gasteiger charge is -2.16. The van der Waals surface area contributed by atoms with Crippen molar-refractivity contribution in [1.82, 2.24) is 4.90 Å². The minimum atomic E-state index is 0.398. The lowest BCUT2D eigenvalue weighted by atomic mass is 10.3. The van der Waals surface area contributed by atoms with Crippen molar-refractivity contribution < 1.29 is 9.47 Å². The van der Waals surface area contributed by atoms with Crippen molar-refractivity contribution in [3.8, 4) is 11.5 Å². The molecule has 0 aliphatic heterocycles. The second-order valence-corrected chi connectivity index (χ2v) is 4.49. The molecule has 1 aromatic carbocycles. The number of methoxy groups -OCH3 is 2. The normalized spacial score (nSPS) is 11.6. The summed E-state index contributed by atoms with van der Waals surface area (Å²) in [6.07, 6.45) is 0. The number of rotatable bonds is 8. The first-order valence-electron chi connectivity index (χ1n) is 7.15. The highest BCUT2D eigenvalue weighted by atomic mass is 16.5. The van der Waals surface area contributed by atoms with Gasteiger partial charge in [-0.25, -0.2) is 0 Å². The summed E-state index contributed by atoms with van der Waals surface area (Å²) in [7, 11) is 3.21. The number of hydrogen-bond acceptors (Lipinski definition) is 4. The maximum atomic E-state index is 5.89. The standard InChI is InChI=1S/C15H26N4O2/c1-5-19(6-2)10-9-17-15(16)18-12-7-8-13(20-3)14(11-12)21-4/h7-8,11H,5-6,9-10H2,1-4H3,(H3,16,17,18). The zero-order valence-electron chi connectivity index (χ0n) is 13.3. The summed E-state index contributed by atoms with van der Waals surface area (Å²) < 4.78 is 10.4. The highest BCUT2D eigenvalue weighted by Crippen LogP contribution is 2.29. The Bertz CT molecular complexity index is 459. The molecule has 0 fully saturated rings. The van der Waals surface area contributed by atoms with Crippen molar-refractivity contribution >= 4 is 11.6 Å². The van der Waals surface area contributed by atoms with Gasteiger partial charge in [-0.3, -0.25) is 4.99 Å². The van der Waals surface area contributed by atoms with Crippen molar-refractivity contribution in [3.05, 3.63) is 18.2 Å². The third kappa shape index (κ3) is 5.51. The van der Waals surface area contributed by atoms with Gasteiger partial charge in [0, 0.05) is 18.3 Å². The van der Waals surface area contributed by atoms with Crippen LogP contribution < -0.4 is 20.5 Å². The molecule has 0 aromatic heterocycles. The lowest BCUT2D eigenvalue weighted by molar-refractivity contribution is 0.313. The fraction of sp³-hybridized carbons (Fsp3) is 0.533. The summed E-state index contributed by atoms with van der Waals surface area (Å²) >= 11 is 0. The molecular weight excluding hydrogens is 268 g/mol. The fourth-order valence-corrected chi connectivity index (χ4v) is 1.95. The van der Waals surface area contributed by atoms with Gasteiger partial charge in [0.05, 0.1) is 20.8 Å². The van der Waals surface area contributed by atoms with Gasteiger partial charge >= 0.3 is 0 Å². The van der Waals surface area contributed by atoms with Crippen LogP contribution in [0.3, 0.4) is 0 Å². The molecule has 1 rings (SSSR count). The molecule has 6 nitrogen and oxygen atoms in total. The number of benzene rings is 1. The van der Waals surface area contributed by atoms with E-state index in [1.165, 1.54) is 0 Å². The van der Waals surface area contributed by atoms with E-state index in [-0.39, 0.29) is 0 Å². The largest absolute Gasteiger partial charge is 0.493 e. The SMILES string of the molecule is CCN(CC)CCN=C(N)Nc1ccc(OC)c(OC)c1. The lowest BCUT2D eigenvalue weighted by Crippen LogP contribution is -2.28. The predicted molar refractivity (Wildman–Crippen MR) is 87.4 cm³/mol. The minimum Gasteiger partial charge on any atom is -0.493 e. The van der Waals surface area contributed by atoms with Crippen molar-refractivity contribution in [3.63, 3.8) is 0 Å². The number of anilines is 1. The van der Waals surface area contributed by atoms with E-state index in [1.54, 1.807) is 14.2 Å². The molecule has 0 aliphatic rings. The Labute approximate surface area is 126 Å². The van der Waals surface area contributed by atoms with Crippen molar-refractivity contribution in [2.75, 3.05) is 45.7 Å². The summed E-state index contributed by atoms with van der Waals surface area (Å²) in [5.74, 6) is 1.73. The third-order valence-corrected chi connectivity index (χ3v) is 3.25. The van der Waals surface area contributed by atoms with E-state index >= 15 is 0 Å². The average molecular weight is 294 g/mol. The van der Waals surface area contributed by atoms with Crippen LogP contribution in [-0.4, -0.2) is 51.3 Å². The number of guanidine groups is 1. The molecule has 0 unspecified atom stereocenters. The van der Waals surface area contributed by atoms with E-state index in [4.69, 9.17) is 15.2 Å². The van der Waals surface area contributed by atoms with Crippen LogP contribution in [0.2, 0.25) is 0 Å². The molecule has 0 atom stereocenters. The molecule has 0 saturated heterocycles. The van der Waals surface area contributed by atoms with E-state index in [0.717, 1.165) is 25.3 Å². The first-order valence-corrected chi connectivity index (χ1v) is 7.15. The van der Waals surface area contributed by atoms with Gasteiger partial charge in [0.1, 0.15) is 0 Å². The van der Waals surface area contributed by atoms with Crippen LogP contribution in [0.15, 0.2) is 23.2 Å². The van der Waals surface area contributed by atoms with Crippen LogP contribution >= 0.6 is 0 Å². The number of nitrogens with zero attached hydrogens (tertiary/aromatic N) is 2. The maximum absolute atomic E-state index is 5.89. The zero-order valence-corrected chi connectivity index (χ0v) is 13.3. The molecule has 0 saturated carbocycles. The quantitative estimate of drug-likeness (QED) is 0.565. The van der Waals surface area contributed by atoms with Crippen LogP contribution in [-0.2, 0) is 0 Å². The molecule has 0 amide bonds. The molecule has 0 aliphatic carbocycles. The van der Waals surface area contributed by atoms with Crippen LogP contribution in [0, 0.1) is 0 Å². The van der Waals surface area contributed by atoms with Gasteiger partial charge in [-0.05, 0) is 25.2 Å². The first-order chi connectivity index (χ1) is 10.1. The Morgan fingerprint density at radius 2 is 1.86 bits per heavy atom. The molecule has 0 heterocycles. The molecule has 118 valence electrons. The average Bonchev–Trinajstić information content (AvgIpc) is 2.51. The van der Waals surface area contributed by atoms with Crippen LogP contribution in [0.1, 0.15) is 13.8 Å². The zero-order chi connectivity index (χ0) is 15.7. The Morgan fingerprint density at radius 1 is 1.19 bits per heavy atom. The van der Waals surface area contributed by atoms with Crippen molar-refractivity contribution in [2.24, 2.45) is 10.7 Å². The Kier molecular flexibility index (Phi) is 7.39. The van der Waals surface area contributed by atoms with E-state index in [2.05, 4.69) is 29.1 Å². The van der Waals surface area contributed by atoms with E-state index < -0.39 is 0 Å². The van der Waals surface area contributed by atoms with Gasteiger partial charge in [0.15, 0.2) is 17.5 Å². The molecule has 6 heteroatoms. The monoisotopic (exact) mass is 294 g/mol. The Morgan fingerprint density at radius 3 is 2.43 bits per heavy atom. The summed E-state index contributed by atoms with van der Waals surface area (Å²) in [4.78, 5) is 6.62. The third-order valence-electron chi connectivity index (χ3n) is 3.25. The van der Waals surface area contributed by atoms with Crippen molar-refractivity contribution in [1.29, 1.82) is 0 Å². The highest BCUT2D eigenvalue weighted by Gasteiger charge is 2.05. The van der Waals surface area contributed by atoms with Gasteiger partial charge in [0.25, 0.3) is 0 Å². The van der Waals surface area contributed by atoms with Gasteiger partial charge in [-0.15, -0.1) is 0 Å². The van der Waals surface area contributed by atoms with Crippen LogP contribution in [0.25, 0.3) is 0 Å². The number of nitrogens with one attached hydrogen (secondary N) is 1. The molecule has 1 aromatic rings. The Balaban J connectivity index is 2.59. The number of aliphatic imine (C=N–C) groups is 1.